The Balaban J connectivity index is 1.82. The van der Waals surface area contributed by atoms with Gasteiger partial charge in [0.15, 0.2) is 10.8 Å². The van der Waals surface area contributed by atoms with Crippen molar-refractivity contribution in [2.45, 2.75) is 18.5 Å². The van der Waals surface area contributed by atoms with E-state index in [9.17, 15) is 9.59 Å². The molecule has 27 heavy (non-hydrogen) atoms. The number of pyridine rings is 1. The predicted octanol–water partition coefficient (Wildman–Crippen LogP) is 2.62. The molecular weight excluding hydrogens is 364 g/mol. The lowest BCUT2D eigenvalue weighted by Crippen LogP contribution is -2.16. The van der Waals surface area contributed by atoms with Crippen LogP contribution in [-0.4, -0.2) is 33.8 Å². The maximum atomic E-state index is 12.5. The molecule has 0 spiro atoms. The van der Waals surface area contributed by atoms with Crippen molar-refractivity contribution < 1.29 is 9.53 Å². The maximum Gasteiger partial charge on any atom is 0.338 e. The third kappa shape index (κ3) is 4.15. The highest BCUT2D eigenvalue weighted by Gasteiger charge is 2.17. The van der Waals surface area contributed by atoms with Crippen LogP contribution in [-0.2, 0) is 11.2 Å². The van der Waals surface area contributed by atoms with Crippen LogP contribution in [0.15, 0.2) is 40.3 Å². The Hall–Kier alpha value is -3.18. The molecule has 2 aromatic heterocycles. The molecule has 0 aliphatic rings. The number of esters is 1. The molecule has 8 heteroatoms. The molecule has 0 unspecified atom stereocenters. The van der Waals surface area contributed by atoms with Crippen molar-refractivity contribution >= 4 is 28.8 Å². The summed E-state index contributed by atoms with van der Waals surface area (Å²) >= 11 is 1.39. The number of carbonyl (C=O) groups is 1. The minimum absolute atomic E-state index is 0.129. The number of nitrogens with one attached hydrogen (secondary N) is 1. The number of aryl methyl sites for hydroxylation is 2. The first-order valence-electron chi connectivity index (χ1n) is 8.13. The molecule has 0 fully saturated rings. The van der Waals surface area contributed by atoms with Crippen LogP contribution in [0, 0.1) is 18.3 Å². The van der Waals surface area contributed by atoms with Crippen LogP contribution in [0.1, 0.15) is 27.2 Å². The van der Waals surface area contributed by atoms with Crippen molar-refractivity contribution in [1.29, 1.82) is 5.26 Å². The molecule has 1 aromatic carbocycles. The Morgan fingerprint density at radius 3 is 2.70 bits per heavy atom. The molecule has 2 heterocycles. The minimum atomic E-state index is -0.598. The molecule has 1 N–H and O–H groups in total. The van der Waals surface area contributed by atoms with Crippen LogP contribution in [0.25, 0.3) is 11.0 Å². The van der Waals surface area contributed by atoms with Gasteiger partial charge in [-0.1, -0.05) is 23.9 Å². The van der Waals surface area contributed by atoms with E-state index in [0.29, 0.717) is 22.2 Å². The number of thioether (sulfide) groups is 1. The quantitative estimate of drug-likeness (QED) is 0.412. The number of aromatic amines is 1. The van der Waals surface area contributed by atoms with Gasteiger partial charge in [-0.2, -0.15) is 5.26 Å². The van der Waals surface area contributed by atoms with Crippen molar-refractivity contribution in [2.75, 3.05) is 12.9 Å². The van der Waals surface area contributed by atoms with Gasteiger partial charge in [0.05, 0.1) is 29.7 Å². The monoisotopic (exact) mass is 380 g/mol. The number of fused-ring (bicyclic) bond motifs is 1. The molecule has 0 saturated carbocycles. The van der Waals surface area contributed by atoms with Crippen LogP contribution in [0.2, 0.25) is 0 Å². The van der Waals surface area contributed by atoms with Gasteiger partial charge in [0.1, 0.15) is 0 Å². The van der Waals surface area contributed by atoms with Gasteiger partial charge in [0.25, 0.3) is 5.56 Å². The summed E-state index contributed by atoms with van der Waals surface area (Å²) in [5, 5.41) is 9.39. The summed E-state index contributed by atoms with van der Waals surface area (Å²) < 4.78 is 4.74. The summed E-state index contributed by atoms with van der Waals surface area (Å²) in [6.45, 7) is 1.73. The fourth-order valence-electron chi connectivity index (χ4n) is 2.60. The highest BCUT2D eigenvalue weighted by Crippen LogP contribution is 2.19. The van der Waals surface area contributed by atoms with Crippen molar-refractivity contribution in [2.24, 2.45) is 0 Å². The lowest BCUT2D eigenvalue weighted by atomic mass is 10.1. The lowest BCUT2D eigenvalue weighted by Gasteiger charge is -2.07. The van der Waals surface area contributed by atoms with Gasteiger partial charge in [0, 0.05) is 11.4 Å². The maximum absolute atomic E-state index is 12.5. The molecule has 0 aliphatic carbocycles. The van der Waals surface area contributed by atoms with Gasteiger partial charge in [-0.05, 0) is 37.1 Å². The number of ether oxygens (including phenoxy) is 1. The number of carbonyl (C=O) groups excluding carboxylic acids is 1. The molecule has 0 aliphatic heterocycles. The Kier molecular flexibility index (Phi) is 5.52. The second-order valence-electron chi connectivity index (χ2n) is 5.78. The molecule has 0 radical (unpaired) electrons. The van der Waals surface area contributed by atoms with E-state index in [0.717, 1.165) is 12.0 Å². The van der Waals surface area contributed by atoms with Crippen molar-refractivity contribution in [3.05, 3.63) is 63.1 Å². The van der Waals surface area contributed by atoms with Crippen molar-refractivity contribution in [3.8, 4) is 6.07 Å². The van der Waals surface area contributed by atoms with Gasteiger partial charge >= 0.3 is 5.97 Å². The average Bonchev–Trinajstić information content (AvgIpc) is 2.67. The molecule has 136 valence electrons. The second kappa shape index (κ2) is 8.01. The molecule has 3 aromatic rings. The number of hydrogen-bond acceptors (Lipinski definition) is 7. The molecule has 3 rings (SSSR count). The summed E-state index contributed by atoms with van der Waals surface area (Å²) in [7, 11) is 1.26. The van der Waals surface area contributed by atoms with Crippen LogP contribution >= 0.6 is 11.8 Å². The van der Waals surface area contributed by atoms with Gasteiger partial charge in [-0.25, -0.2) is 14.8 Å². The Morgan fingerprint density at radius 2 is 2.04 bits per heavy atom. The number of hydrogen-bond donors (Lipinski definition) is 1. The van der Waals surface area contributed by atoms with E-state index in [-0.39, 0.29) is 16.6 Å². The smallest absolute Gasteiger partial charge is 0.338 e. The highest BCUT2D eigenvalue weighted by molar-refractivity contribution is 7.99. The van der Waals surface area contributed by atoms with Crippen LogP contribution in [0.4, 0.5) is 0 Å². The summed E-state index contributed by atoms with van der Waals surface area (Å²) in [6.07, 6.45) is 0.757. The fourth-order valence-corrected chi connectivity index (χ4v) is 3.44. The molecule has 0 saturated heterocycles. The molecule has 0 amide bonds. The number of aromatic nitrogens is 3. The zero-order valence-electron chi connectivity index (χ0n) is 14.8. The first-order valence-corrected chi connectivity index (χ1v) is 9.12. The lowest BCUT2D eigenvalue weighted by molar-refractivity contribution is 0.0602. The van der Waals surface area contributed by atoms with Crippen LogP contribution < -0.4 is 5.56 Å². The first-order chi connectivity index (χ1) is 13.0. The topological polar surface area (TPSA) is 109 Å². The van der Waals surface area contributed by atoms with Gasteiger partial charge in [0.2, 0.25) is 0 Å². The number of H-pyrrole nitrogens is 1. The molecule has 0 atom stereocenters. The number of benzene rings is 1. The largest absolute Gasteiger partial charge is 0.465 e. The molecular formula is C19H16N4O3S. The summed E-state index contributed by atoms with van der Waals surface area (Å²) in [6, 6.07) is 11.0. The number of methoxy groups -OCH3 is 1. The van der Waals surface area contributed by atoms with E-state index in [2.05, 4.69) is 21.0 Å². The van der Waals surface area contributed by atoms with Crippen molar-refractivity contribution in [1.82, 2.24) is 15.0 Å². The van der Waals surface area contributed by atoms with E-state index in [1.165, 1.54) is 24.9 Å². The van der Waals surface area contributed by atoms with E-state index >= 15 is 0 Å². The van der Waals surface area contributed by atoms with E-state index < -0.39 is 11.5 Å². The van der Waals surface area contributed by atoms with Crippen molar-refractivity contribution in [3.63, 3.8) is 0 Å². The predicted molar refractivity (Wildman–Crippen MR) is 102 cm³/mol. The van der Waals surface area contributed by atoms with Crippen LogP contribution in [0.5, 0.6) is 0 Å². The third-order valence-electron chi connectivity index (χ3n) is 3.90. The standard InChI is InChI=1S/C19H16N4O3S/c1-11-9-14(18(25)26-2)15-16(21-11)22-19(23-17(15)24)27-8-7-12-3-5-13(10-20)6-4-12/h3-6,9H,7-8H2,1-2H3,(H,21,22,23,24). The Morgan fingerprint density at radius 1 is 1.30 bits per heavy atom. The van der Waals surface area contributed by atoms with Gasteiger partial charge in [-0.3, -0.25) is 4.79 Å². The number of rotatable bonds is 5. The molecule has 0 bridgehead atoms. The van der Waals surface area contributed by atoms with Gasteiger partial charge < -0.3 is 9.72 Å². The Bertz CT molecular complexity index is 1100. The zero-order chi connectivity index (χ0) is 19.4. The van der Waals surface area contributed by atoms with Gasteiger partial charge in [-0.15, -0.1) is 0 Å². The third-order valence-corrected chi connectivity index (χ3v) is 4.78. The summed E-state index contributed by atoms with van der Waals surface area (Å²) in [5.41, 5.74) is 2.24. The number of nitriles is 1. The summed E-state index contributed by atoms with van der Waals surface area (Å²) in [5.74, 6) is 0.0924. The van der Waals surface area contributed by atoms with E-state index in [4.69, 9.17) is 10.00 Å². The van der Waals surface area contributed by atoms with E-state index in [1.807, 2.05) is 12.1 Å². The number of nitrogens with zero attached hydrogens (tertiary/aromatic N) is 3. The minimum Gasteiger partial charge on any atom is -0.465 e. The van der Waals surface area contributed by atoms with E-state index in [1.54, 1.807) is 19.1 Å². The second-order valence-corrected chi connectivity index (χ2v) is 6.86. The first kappa shape index (κ1) is 18.6. The molecule has 7 nitrogen and oxygen atoms in total. The SMILES string of the molecule is COC(=O)c1cc(C)nc2nc(SCCc3ccc(C#N)cc3)[nH]c(=O)c12. The van der Waals surface area contributed by atoms with Crippen LogP contribution in [0.3, 0.4) is 0 Å². The highest BCUT2D eigenvalue weighted by atomic mass is 32.2. The normalized spacial score (nSPS) is 10.6. The summed E-state index contributed by atoms with van der Waals surface area (Å²) in [4.78, 5) is 35.8. The fraction of sp³-hybridized carbons (Fsp3) is 0.211. The average molecular weight is 380 g/mol. The zero-order valence-corrected chi connectivity index (χ0v) is 15.6. The Labute approximate surface area is 159 Å².